The maximum absolute atomic E-state index is 12.3. The smallest absolute Gasteiger partial charge is 0.244 e. The number of benzene rings is 1. The molecule has 1 rings (SSSR count). The Morgan fingerprint density at radius 1 is 1.37 bits per heavy atom. The van der Waals surface area contributed by atoms with Gasteiger partial charge in [-0.15, -0.1) is 0 Å². The molecule has 0 aliphatic heterocycles. The van der Waals surface area contributed by atoms with Gasteiger partial charge in [0, 0.05) is 23.2 Å². The minimum atomic E-state index is -3.65. The van der Waals surface area contributed by atoms with Crippen LogP contribution in [-0.4, -0.2) is 28.6 Å². The summed E-state index contributed by atoms with van der Waals surface area (Å²) >= 11 is 5.98. The molecule has 2 N–H and O–H groups in total. The lowest BCUT2D eigenvalue weighted by atomic mass is 10.2. The Kier molecular flexibility index (Phi) is 5.61. The fourth-order valence-corrected chi connectivity index (χ4v) is 3.54. The summed E-state index contributed by atoms with van der Waals surface area (Å²) in [5, 5.41) is 3.31. The van der Waals surface area contributed by atoms with Crippen molar-refractivity contribution in [2.45, 2.75) is 31.3 Å². The molecule has 0 aliphatic carbocycles. The van der Waals surface area contributed by atoms with Gasteiger partial charge in [0.15, 0.2) is 0 Å². The highest BCUT2D eigenvalue weighted by atomic mass is 35.5. The average Bonchev–Trinajstić information content (AvgIpc) is 2.27. The van der Waals surface area contributed by atoms with Gasteiger partial charge in [-0.25, -0.2) is 13.1 Å². The fraction of sp³-hybridized carbons (Fsp3) is 0.500. The van der Waals surface area contributed by atoms with E-state index in [1.54, 1.807) is 27.0 Å². The van der Waals surface area contributed by atoms with Crippen LogP contribution in [0.5, 0.6) is 5.75 Å². The summed E-state index contributed by atoms with van der Waals surface area (Å²) < 4.78 is 32.3. The molecule has 0 spiro atoms. The van der Waals surface area contributed by atoms with E-state index in [0.29, 0.717) is 22.9 Å². The zero-order chi connectivity index (χ0) is 14.6. The van der Waals surface area contributed by atoms with Gasteiger partial charge in [0.25, 0.3) is 0 Å². The van der Waals surface area contributed by atoms with Crippen molar-refractivity contribution in [1.29, 1.82) is 0 Å². The van der Waals surface area contributed by atoms with Crippen molar-refractivity contribution in [3.8, 4) is 5.75 Å². The van der Waals surface area contributed by atoms with Crippen molar-refractivity contribution >= 4 is 21.6 Å². The molecule has 0 amide bonds. The summed E-state index contributed by atoms with van der Waals surface area (Å²) in [6, 6.07) is 2.87. The lowest BCUT2D eigenvalue weighted by Gasteiger charge is -2.16. The van der Waals surface area contributed by atoms with Crippen molar-refractivity contribution < 1.29 is 13.2 Å². The Morgan fingerprint density at radius 3 is 2.47 bits per heavy atom. The predicted octanol–water partition coefficient (Wildman–Crippen LogP) is 1.75. The van der Waals surface area contributed by atoms with Crippen LogP contribution >= 0.6 is 11.6 Å². The SMILES string of the molecule is CNCc1cc(Cl)cc(S(=O)(=O)NC(C)C)c1OC. The zero-order valence-corrected chi connectivity index (χ0v) is 13.0. The Morgan fingerprint density at radius 2 is 2.00 bits per heavy atom. The van der Waals surface area contributed by atoms with Crippen molar-refractivity contribution in [1.82, 2.24) is 10.0 Å². The van der Waals surface area contributed by atoms with E-state index in [1.165, 1.54) is 13.2 Å². The third kappa shape index (κ3) is 4.07. The highest BCUT2D eigenvalue weighted by Gasteiger charge is 2.23. The molecule has 7 heteroatoms. The fourth-order valence-electron chi connectivity index (χ4n) is 1.75. The van der Waals surface area contributed by atoms with E-state index in [1.807, 2.05) is 0 Å². The number of nitrogens with one attached hydrogen (secondary N) is 2. The first-order valence-electron chi connectivity index (χ1n) is 5.85. The lowest BCUT2D eigenvalue weighted by Crippen LogP contribution is -2.30. The minimum absolute atomic E-state index is 0.0569. The second kappa shape index (κ2) is 6.56. The molecule has 0 aromatic heterocycles. The highest BCUT2D eigenvalue weighted by molar-refractivity contribution is 7.89. The van der Waals surface area contributed by atoms with Gasteiger partial charge in [0.05, 0.1) is 7.11 Å². The molecule has 0 bridgehead atoms. The first-order chi connectivity index (χ1) is 8.81. The second-order valence-corrected chi connectivity index (χ2v) is 6.52. The first kappa shape index (κ1) is 16.2. The van der Waals surface area contributed by atoms with Crippen LogP contribution in [0.3, 0.4) is 0 Å². The van der Waals surface area contributed by atoms with Crippen LogP contribution in [0.4, 0.5) is 0 Å². The molecule has 5 nitrogen and oxygen atoms in total. The maximum atomic E-state index is 12.3. The average molecular weight is 307 g/mol. The first-order valence-corrected chi connectivity index (χ1v) is 7.71. The summed E-state index contributed by atoms with van der Waals surface area (Å²) in [5.41, 5.74) is 0.696. The van der Waals surface area contributed by atoms with E-state index in [9.17, 15) is 8.42 Å². The third-order valence-electron chi connectivity index (χ3n) is 2.35. The van der Waals surface area contributed by atoms with Crippen molar-refractivity contribution in [2.24, 2.45) is 0 Å². The van der Waals surface area contributed by atoms with Gasteiger partial charge in [-0.1, -0.05) is 11.6 Å². The molecule has 0 radical (unpaired) electrons. The summed E-state index contributed by atoms with van der Waals surface area (Å²) in [5.74, 6) is 0.312. The van der Waals surface area contributed by atoms with Crippen LogP contribution in [0, 0.1) is 0 Å². The molecular weight excluding hydrogens is 288 g/mol. The van der Waals surface area contributed by atoms with E-state index in [-0.39, 0.29) is 10.9 Å². The number of rotatable bonds is 6. The highest BCUT2D eigenvalue weighted by Crippen LogP contribution is 2.31. The Bertz CT molecular complexity index is 544. The molecule has 0 saturated carbocycles. The van der Waals surface area contributed by atoms with Crippen LogP contribution in [0.25, 0.3) is 0 Å². The van der Waals surface area contributed by atoms with E-state index >= 15 is 0 Å². The molecule has 1 aromatic rings. The molecule has 108 valence electrons. The largest absolute Gasteiger partial charge is 0.495 e. The van der Waals surface area contributed by atoms with Crippen LogP contribution < -0.4 is 14.8 Å². The Hall–Kier alpha value is -0.820. The molecular formula is C12H19ClN2O3S. The van der Waals surface area contributed by atoms with Crippen molar-refractivity contribution in [2.75, 3.05) is 14.2 Å². The van der Waals surface area contributed by atoms with Crippen LogP contribution in [-0.2, 0) is 16.6 Å². The number of methoxy groups -OCH3 is 1. The molecule has 0 unspecified atom stereocenters. The molecule has 0 atom stereocenters. The molecule has 19 heavy (non-hydrogen) atoms. The van der Waals surface area contributed by atoms with Gasteiger partial charge in [-0.3, -0.25) is 0 Å². The second-order valence-electron chi connectivity index (χ2n) is 4.40. The van der Waals surface area contributed by atoms with Gasteiger partial charge >= 0.3 is 0 Å². The monoisotopic (exact) mass is 306 g/mol. The van der Waals surface area contributed by atoms with Gasteiger partial charge < -0.3 is 10.1 Å². The maximum Gasteiger partial charge on any atom is 0.244 e. The van der Waals surface area contributed by atoms with Crippen molar-refractivity contribution in [3.63, 3.8) is 0 Å². The zero-order valence-electron chi connectivity index (χ0n) is 11.5. The third-order valence-corrected chi connectivity index (χ3v) is 4.23. The molecule has 1 aromatic carbocycles. The summed E-state index contributed by atoms with van der Waals surface area (Å²) in [4.78, 5) is 0.0569. The standard InChI is InChI=1S/C12H19ClN2O3S/c1-8(2)15-19(16,17)11-6-10(13)5-9(7-14-3)12(11)18-4/h5-6,8,14-15H,7H2,1-4H3. The van der Waals surface area contributed by atoms with E-state index in [2.05, 4.69) is 10.0 Å². The van der Waals surface area contributed by atoms with Gasteiger partial charge in [-0.2, -0.15) is 0 Å². The Balaban J connectivity index is 3.41. The van der Waals surface area contributed by atoms with E-state index in [4.69, 9.17) is 16.3 Å². The quantitative estimate of drug-likeness (QED) is 0.840. The lowest BCUT2D eigenvalue weighted by molar-refractivity contribution is 0.395. The van der Waals surface area contributed by atoms with Gasteiger partial charge in [-0.05, 0) is 33.0 Å². The normalized spacial score (nSPS) is 11.9. The van der Waals surface area contributed by atoms with Gasteiger partial charge in [0.2, 0.25) is 10.0 Å². The number of halogens is 1. The van der Waals surface area contributed by atoms with Crippen LogP contribution in [0.1, 0.15) is 19.4 Å². The van der Waals surface area contributed by atoms with Crippen molar-refractivity contribution in [3.05, 3.63) is 22.7 Å². The topological polar surface area (TPSA) is 67.4 Å². The van der Waals surface area contributed by atoms with E-state index in [0.717, 1.165) is 0 Å². The number of sulfonamides is 1. The molecule has 0 saturated heterocycles. The molecule has 0 heterocycles. The van der Waals surface area contributed by atoms with Gasteiger partial charge in [0.1, 0.15) is 10.6 Å². The predicted molar refractivity (Wildman–Crippen MR) is 76.2 cm³/mol. The Labute approximate surface area is 119 Å². The van der Waals surface area contributed by atoms with Crippen LogP contribution in [0.15, 0.2) is 17.0 Å². The van der Waals surface area contributed by atoms with Crippen LogP contribution in [0.2, 0.25) is 5.02 Å². The van der Waals surface area contributed by atoms with E-state index < -0.39 is 10.0 Å². The molecule has 0 aliphatic rings. The number of hydrogen-bond donors (Lipinski definition) is 2. The minimum Gasteiger partial charge on any atom is -0.495 e. The summed E-state index contributed by atoms with van der Waals surface area (Å²) in [6.07, 6.45) is 0. The number of hydrogen-bond acceptors (Lipinski definition) is 4. The summed E-state index contributed by atoms with van der Waals surface area (Å²) in [6.45, 7) is 3.97. The summed E-state index contributed by atoms with van der Waals surface area (Å²) in [7, 11) is -0.447. The number of ether oxygens (including phenoxy) is 1. The molecule has 0 fully saturated rings.